The van der Waals surface area contributed by atoms with Gasteiger partial charge in [-0.15, -0.1) is 0 Å². The first-order valence-corrected chi connectivity index (χ1v) is 2.60. The molecule has 0 atom stereocenters. The van der Waals surface area contributed by atoms with Crippen LogP contribution in [-0.4, -0.2) is 19.4 Å². The van der Waals surface area contributed by atoms with Crippen molar-refractivity contribution >= 4 is 6.21 Å². The van der Waals surface area contributed by atoms with E-state index in [0.29, 0.717) is 19.0 Å². The van der Waals surface area contributed by atoms with E-state index < -0.39 is 0 Å². The lowest BCUT2D eigenvalue weighted by molar-refractivity contribution is 0.0728. The Bertz CT molecular complexity index is 153. The van der Waals surface area contributed by atoms with Crippen molar-refractivity contribution in [3.63, 3.8) is 0 Å². The molecule has 9 heavy (non-hydrogen) atoms. The second-order valence-electron chi connectivity index (χ2n) is 1.57. The van der Waals surface area contributed by atoms with Crippen molar-refractivity contribution < 1.29 is 9.47 Å². The summed E-state index contributed by atoms with van der Waals surface area (Å²) in [5.41, 5.74) is 5.27. The van der Waals surface area contributed by atoms with Crippen molar-refractivity contribution in [1.29, 1.82) is 5.41 Å². The normalized spacial score (nSPS) is 18.2. The van der Waals surface area contributed by atoms with Crippen LogP contribution in [0.2, 0.25) is 0 Å². The maximum atomic E-state index is 6.76. The maximum Gasteiger partial charge on any atom is 0.229 e. The molecule has 0 aromatic rings. The minimum Gasteiger partial charge on any atom is -0.483 e. The molecule has 4 heteroatoms. The summed E-state index contributed by atoms with van der Waals surface area (Å²) in [5.74, 6) is 0.525. The minimum absolute atomic E-state index is 0.205. The molecule has 0 fully saturated rings. The van der Waals surface area contributed by atoms with Crippen LogP contribution in [0, 0.1) is 5.41 Å². The first-order valence-electron chi connectivity index (χ1n) is 2.60. The molecule has 3 N–H and O–H groups in total. The molecule has 1 aliphatic heterocycles. The van der Waals surface area contributed by atoms with E-state index in [1.165, 1.54) is 0 Å². The van der Waals surface area contributed by atoms with Crippen molar-refractivity contribution in [2.45, 2.75) is 0 Å². The molecule has 0 saturated carbocycles. The van der Waals surface area contributed by atoms with Gasteiger partial charge in [-0.05, 0) is 0 Å². The quantitative estimate of drug-likeness (QED) is 0.481. The molecule has 50 valence electrons. The third-order valence-corrected chi connectivity index (χ3v) is 0.972. The van der Waals surface area contributed by atoms with Gasteiger partial charge in [0.2, 0.25) is 5.88 Å². The van der Waals surface area contributed by atoms with Crippen LogP contribution in [0.4, 0.5) is 0 Å². The van der Waals surface area contributed by atoms with Crippen LogP contribution in [0.25, 0.3) is 0 Å². The average molecular weight is 128 g/mol. The molecule has 0 saturated heterocycles. The molecule has 1 heterocycles. The standard InChI is InChI=1S/C5H8N2O2/c6-3-4-5(7)9-2-1-8-4/h3,6H,1-2,7H2. The van der Waals surface area contributed by atoms with Gasteiger partial charge >= 0.3 is 0 Å². The molecule has 0 radical (unpaired) electrons. The van der Waals surface area contributed by atoms with Crippen LogP contribution >= 0.6 is 0 Å². The lowest BCUT2D eigenvalue weighted by Crippen LogP contribution is -2.19. The number of nitrogens with two attached hydrogens (primary N) is 1. The van der Waals surface area contributed by atoms with E-state index in [1.54, 1.807) is 0 Å². The van der Waals surface area contributed by atoms with Crippen molar-refractivity contribution in [1.82, 2.24) is 0 Å². The summed E-state index contributed by atoms with van der Waals surface area (Å²) < 4.78 is 9.79. The second-order valence-corrected chi connectivity index (χ2v) is 1.57. The van der Waals surface area contributed by atoms with E-state index in [0.717, 1.165) is 6.21 Å². The maximum absolute atomic E-state index is 6.76. The number of ether oxygens (including phenoxy) is 2. The smallest absolute Gasteiger partial charge is 0.229 e. The summed E-state index contributed by atoms with van der Waals surface area (Å²) >= 11 is 0. The van der Waals surface area contributed by atoms with E-state index in [-0.39, 0.29) is 5.88 Å². The zero-order valence-corrected chi connectivity index (χ0v) is 4.89. The van der Waals surface area contributed by atoms with Crippen LogP contribution in [0.3, 0.4) is 0 Å². The van der Waals surface area contributed by atoms with E-state index in [4.69, 9.17) is 20.6 Å². The first kappa shape index (κ1) is 5.94. The SMILES string of the molecule is N=CC1=C(N)OCCO1. The van der Waals surface area contributed by atoms with Gasteiger partial charge < -0.3 is 20.6 Å². The Labute approximate surface area is 52.8 Å². The van der Waals surface area contributed by atoms with Gasteiger partial charge in [0.05, 0.1) is 6.21 Å². The largest absolute Gasteiger partial charge is 0.483 e. The number of hydrogen-bond acceptors (Lipinski definition) is 4. The topological polar surface area (TPSA) is 68.3 Å². The number of hydrogen-bond donors (Lipinski definition) is 2. The van der Waals surface area contributed by atoms with Crippen molar-refractivity contribution in [2.24, 2.45) is 5.73 Å². The van der Waals surface area contributed by atoms with Crippen LogP contribution in [0.1, 0.15) is 0 Å². The highest BCUT2D eigenvalue weighted by atomic mass is 16.6. The van der Waals surface area contributed by atoms with Crippen LogP contribution in [-0.2, 0) is 9.47 Å². The molecule has 1 aliphatic rings. The fourth-order valence-corrected chi connectivity index (χ4v) is 0.558. The van der Waals surface area contributed by atoms with E-state index in [2.05, 4.69) is 0 Å². The summed E-state index contributed by atoms with van der Waals surface area (Å²) in [6, 6.07) is 0. The van der Waals surface area contributed by atoms with Gasteiger partial charge in [-0.25, -0.2) is 0 Å². The Morgan fingerprint density at radius 3 is 2.56 bits per heavy atom. The van der Waals surface area contributed by atoms with E-state index >= 15 is 0 Å². The predicted octanol–water partition coefficient (Wildman–Crippen LogP) is -0.189. The first-order chi connectivity index (χ1) is 4.34. The molecule has 0 amide bonds. The van der Waals surface area contributed by atoms with Gasteiger partial charge in [-0.3, -0.25) is 0 Å². The minimum atomic E-state index is 0.205. The Kier molecular flexibility index (Phi) is 1.58. The molecule has 1 rings (SSSR count). The summed E-state index contributed by atoms with van der Waals surface area (Å²) in [5, 5.41) is 6.76. The van der Waals surface area contributed by atoms with Crippen molar-refractivity contribution in [3.8, 4) is 0 Å². The lowest BCUT2D eigenvalue weighted by Gasteiger charge is -2.15. The third kappa shape index (κ3) is 1.13. The second kappa shape index (κ2) is 2.39. The van der Waals surface area contributed by atoms with Crippen molar-refractivity contribution in [3.05, 3.63) is 11.6 Å². The summed E-state index contributed by atoms with van der Waals surface area (Å²) in [7, 11) is 0. The zero-order chi connectivity index (χ0) is 6.69. The van der Waals surface area contributed by atoms with Gasteiger partial charge in [0, 0.05) is 0 Å². The van der Waals surface area contributed by atoms with Crippen LogP contribution < -0.4 is 5.73 Å². The average Bonchev–Trinajstić information content (AvgIpc) is 1.89. The summed E-state index contributed by atoms with van der Waals surface area (Å²) in [6.07, 6.45) is 1.04. The Morgan fingerprint density at radius 2 is 2.11 bits per heavy atom. The van der Waals surface area contributed by atoms with Crippen LogP contribution in [0.15, 0.2) is 11.6 Å². The molecule has 0 spiro atoms. The molecular weight excluding hydrogens is 120 g/mol. The number of nitrogens with one attached hydrogen (secondary N) is 1. The molecule has 0 bridgehead atoms. The number of rotatable bonds is 1. The fraction of sp³-hybridized carbons (Fsp3) is 0.400. The third-order valence-electron chi connectivity index (χ3n) is 0.972. The highest BCUT2D eigenvalue weighted by molar-refractivity contribution is 5.73. The van der Waals surface area contributed by atoms with E-state index in [1.807, 2.05) is 0 Å². The van der Waals surface area contributed by atoms with Gasteiger partial charge in [-0.2, -0.15) is 0 Å². The lowest BCUT2D eigenvalue weighted by atomic mass is 10.5. The molecule has 0 aliphatic carbocycles. The van der Waals surface area contributed by atoms with E-state index in [9.17, 15) is 0 Å². The van der Waals surface area contributed by atoms with Crippen LogP contribution in [0.5, 0.6) is 0 Å². The highest BCUT2D eigenvalue weighted by Crippen LogP contribution is 2.04. The number of allylic oxidation sites excluding steroid dienone is 1. The van der Waals surface area contributed by atoms with Crippen molar-refractivity contribution in [2.75, 3.05) is 13.2 Å². The zero-order valence-electron chi connectivity index (χ0n) is 4.89. The van der Waals surface area contributed by atoms with Gasteiger partial charge in [0.15, 0.2) is 5.76 Å². The highest BCUT2D eigenvalue weighted by Gasteiger charge is 2.08. The molecule has 4 nitrogen and oxygen atoms in total. The Balaban J connectivity index is 2.70. The fourth-order valence-electron chi connectivity index (χ4n) is 0.558. The van der Waals surface area contributed by atoms with Gasteiger partial charge in [0.1, 0.15) is 13.2 Å². The van der Waals surface area contributed by atoms with Gasteiger partial charge in [-0.1, -0.05) is 0 Å². The Morgan fingerprint density at radius 1 is 1.44 bits per heavy atom. The molecule has 0 aromatic carbocycles. The van der Waals surface area contributed by atoms with Gasteiger partial charge in [0.25, 0.3) is 0 Å². The molecule has 0 unspecified atom stereocenters. The Hall–Kier alpha value is -1.19. The summed E-state index contributed by atoms with van der Waals surface area (Å²) in [6.45, 7) is 0.953. The predicted molar refractivity (Wildman–Crippen MR) is 31.9 cm³/mol. The molecular formula is C5H8N2O2. The summed E-state index contributed by atoms with van der Waals surface area (Å²) in [4.78, 5) is 0. The molecule has 0 aromatic heterocycles. The monoisotopic (exact) mass is 128 g/mol.